The van der Waals surface area contributed by atoms with E-state index >= 15 is 0 Å². The summed E-state index contributed by atoms with van der Waals surface area (Å²) < 4.78 is 10.4. The van der Waals surface area contributed by atoms with Crippen molar-refractivity contribution in [2.45, 2.75) is 110 Å². The number of benzene rings is 1. The molecule has 0 saturated heterocycles. The molecule has 0 radical (unpaired) electrons. The van der Waals surface area contributed by atoms with Crippen LogP contribution in [0.25, 0.3) is 6.08 Å². The van der Waals surface area contributed by atoms with E-state index in [1.807, 2.05) is 24.3 Å². The number of ether oxygens (including phenoxy) is 2. The van der Waals surface area contributed by atoms with E-state index in [-0.39, 0.29) is 5.97 Å². The van der Waals surface area contributed by atoms with E-state index in [1.54, 1.807) is 6.08 Å². The van der Waals surface area contributed by atoms with Crippen molar-refractivity contribution in [1.82, 2.24) is 0 Å². The van der Waals surface area contributed by atoms with Crippen molar-refractivity contribution in [3.63, 3.8) is 0 Å². The zero-order valence-corrected chi connectivity index (χ0v) is 20.2. The third-order valence-corrected chi connectivity index (χ3v) is 5.76. The van der Waals surface area contributed by atoms with E-state index < -0.39 is 0 Å². The summed E-state index contributed by atoms with van der Waals surface area (Å²) in [6.45, 7) is 3.06. The molecule has 3 nitrogen and oxygen atoms in total. The molecule has 0 fully saturated rings. The second-order valence-corrected chi connectivity index (χ2v) is 8.58. The quantitative estimate of drug-likeness (QED) is 0.118. The fourth-order valence-electron chi connectivity index (χ4n) is 3.75. The number of unbranched alkanes of at least 4 members (excludes halogenated alkanes) is 15. The molecule has 1 aromatic rings. The SMILES string of the molecule is CCCCCCCCCCCCCCCCCCOc1ccc(/C=C/C(=O)OC)cc1. The summed E-state index contributed by atoms with van der Waals surface area (Å²) >= 11 is 0. The van der Waals surface area contributed by atoms with E-state index in [9.17, 15) is 4.79 Å². The number of carbonyl (C=O) groups is 1. The van der Waals surface area contributed by atoms with Gasteiger partial charge < -0.3 is 9.47 Å². The molecule has 0 unspecified atom stereocenters. The lowest BCUT2D eigenvalue weighted by molar-refractivity contribution is -0.134. The Labute approximate surface area is 191 Å². The molecule has 0 amide bonds. The smallest absolute Gasteiger partial charge is 0.330 e. The largest absolute Gasteiger partial charge is 0.494 e. The maximum absolute atomic E-state index is 11.1. The van der Waals surface area contributed by atoms with Crippen LogP contribution in [0.5, 0.6) is 5.75 Å². The molecule has 0 aliphatic heterocycles. The second kappa shape index (κ2) is 20.2. The summed E-state index contributed by atoms with van der Waals surface area (Å²) in [5, 5.41) is 0. The highest BCUT2D eigenvalue weighted by molar-refractivity contribution is 5.86. The van der Waals surface area contributed by atoms with Gasteiger partial charge in [0.2, 0.25) is 0 Å². The van der Waals surface area contributed by atoms with Crippen molar-refractivity contribution in [3.8, 4) is 5.75 Å². The van der Waals surface area contributed by atoms with Crippen molar-refractivity contribution < 1.29 is 14.3 Å². The molecular formula is C28H46O3. The third kappa shape index (κ3) is 16.6. The van der Waals surface area contributed by atoms with Crippen LogP contribution >= 0.6 is 0 Å². The summed E-state index contributed by atoms with van der Waals surface area (Å²) in [5.41, 5.74) is 0.958. The molecule has 0 bridgehead atoms. The number of esters is 1. The molecule has 0 N–H and O–H groups in total. The molecule has 3 heteroatoms. The van der Waals surface area contributed by atoms with Gasteiger partial charge in [-0.25, -0.2) is 4.79 Å². The Morgan fingerprint density at radius 2 is 1.16 bits per heavy atom. The Balaban J connectivity index is 1.86. The number of rotatable bonds is 20. The Hall–Kier alpha value is -1.77. The second-order valence-electron chi connectivity index (χ2n) is 8.58. The third-order valence-electron chi connectivity index (χ3n) is 5.76. The first kappa shape index (κ1) is 27.3. The van der Waals surface area contributed by atoms with Gasteiger partial charge in [-0.05, 0) is 30.2 Å². The highest BCUT2D eigenvalue weighted by Gasteiger charge is 1.97. The predicted molar refractivity (Wildman–Crippen MR) is 133 cm³/mol. The van der Waals surface area contributed by atoms with Gasteiger partial charge in [0.05, 0.1) is 13.7 Å². The minimum Gasteiger partial charge on any atom is -0.494 e. The monoisotopic (exact) mass is 430 g/mol. The summed E-state index contributed by atoms with van der Waals surface area (Å²) in [6, 6.07) is 7.79. The minimum absolute atomic E-state index is 0.344. The van der Waals surface area contributed by atoms with Crippen molar-refractivity contribution in [2.75, 3.05) is 13.7 Å². The summed E-state index contributed by atoms with van der Waals surface area (Å²) in [4.78, 5) is 11.1. The minimum atomic E-state index is -0.344. The van der Waals surface area contributed by atoms with Gasteiger partial charge in [0.15, 0.2) is 0 Å². The standard InChI is InChI=1S/C28H46O3/c1-3-4-5-6-7-8-9-10-11-12-13-14-15-16-17-18-25-31-27-22-19-26(20-23-27)21-24-28(29)30-2/h19-24H,3-18,25H2,1-2H3/b24-21+. The first-order valence-electron chi connectivity index (χ1n) is 12.7. The predicted octanol–water partition coefficient (Wildman–Crippen LogP) is 8.51. The van der Waals surface area contributed by atoms with Crippen LogP contribution in [-0.4, -0.2) is 19.7 Å². The molecule has 1 rings (SSSR count). The van der Waals surface area contributed by atoms with Crippen LogP contribution in [0, 0.1) is 0 Å². The molecule has 31 heavy (non-hydrogen) atoms. The zero-order chi connectivity index (χ0) is 22.4. The molecule has 0 saturated carbocycles. The van der Waals surface area contributed by atoms with Crippen molar-refractivity contribution in [3.05, 3.63) is 35.9 Å². The lowest BCUT2D eigenvalue weighted by atomic mass is 10.0. The van der Waals surface area contributed by atoms with Crippen LogP contribution in [-0.2, 0) is 9.53 Å². The summed E-state index contributed by atoms with van der Waals surface area (Å²) in [6.07, 6.45) is 25.3. The van der Waals surface area contributed by atoms with Gasteiger partial charge in [-0.2, -0.15) is 0 Å². The summed E-state index contributed by atoms with van der Waals surface area (Å²) in [5.74, 6) is 0.542. The van der Waals surface area contributed by atoms with Crippen LogP contribution in [0.3, 0.4) is 0 Å². The molecule has 0 aliphatic rings. The van der Waals surface area contributed by atoms with E-state index in [2.05, 4.69) is 11.7 Å². The topological polar surface area (TPSA) is 35.5 Å². The van der Waals surface area contributed by atoms with Crippen molar-refractivity contribution >= 4 is 12.0 Å². The average Bonchev–Trinajstić information content (AvgIpc) is 2.80. The van der Waals surface area contributed by atoms with Gasteiger partial charge in [-0.1, -0.05) is 115 Å². The Bertz CT molecular complexity index is 562. The molecule has 0 atom stereocenters. The molecule has 0 aromatic heterocycles. The fourth-order valence-corrected chi connectivity index (χ4v) is 3.75. The molecule has 1 aromatic carbocycles. The number of methoxy groups -OCH3 is 1. The van der Waals surface area contributed by atoms with Crippen LogP contribution in [0.1, 0.15) is 115 Å². The van der Waals surface area contributed by atoms with Gasteiger partial charge in [-0.3, -0.25) is 0 Å². The molecule has 0 spiro atoms. The van der Waals surface area contributed by atoms with E-state index in [1.165, 1.54) is 109 Å². The molecule has 0 heterocycles. The highest BCUT2D eigenvalue weighted by atomic mass is 16.5. The van der Waals surface area contributed by atoms with Gasteiger partial charge >= 0.3 is 5.97 Å². The highest BCUT2D eigenvalue weighted by Crippen LogP contribution is 2.15. The van der Waals surface area contributed by atoms with Crippen LogP contribution < -0.4 is 4.74 Å². The maximum Gasteiger partial charge on any atom is 0.330 e. The Kier molecular flexibility index (Phi) is 17.7. The lowest BCUT2D eigenvalue weighted by Crippen LogP contribution is -1.97. The van der Waals surface area contributed by atoms with Gasteiger partial charge in [-0.15, -0.1) is 0 Å². The zero-order valence-electron chi connectivity index (χ0n) is 20.2. The molecular weight excluding hydrogens is 384 g/mol. The van der Waals surface area contributed by atoms with E-state index in [0.29, 0.717) is 0 Å². The van der Waals surface area contributed by atoms with Crippen molar-refractivity contribution in [2.24, 2.45) is 0 Å². The first-order chi connectivity index (χ1) is 15.3. The van der Waals surface area contributed by atoms with E-state index in [4.69, 9.17) is 4.74 Å². The van der Waals surface area contributed by atoms with Gasteiger partial charge in [0, 0.05) is 6.08 Å². The first-order valence-corrected chi connectivity index (χ1v) is 12.7. The molecule has 0 aliphatic carbocycles. The van der Waals surface area contributed by atoms with Crippen LogP contribution in [0.15, 0.2) is 30.3 Å². The normalized spacial score (nSPS) is 11.2. The summed E-state index contributed by atoms with van der Waals surface area (Å²) in [7, 11) is 1.38. The number of hydrogen-bond acceptors (Lipinski definition) is 3. The van der Waals surface area contributed by atoms with Crippen LogP contribution in [0.2, 0.25) is 0 Å². The Morgan fingerprint density at radius 3 is 1.61 bits per heavy atom. The van der Waals surface area contributed by atoms with E-state index in [0.717, 1.165) is 24.3 Å². The van der Waals surface area contributed by atoms with Crippen LogP contribution in [0.4, 0.5) is 0 Å². The average molecular weight is 431 g/mol. The Morgan fingerprint density at radius 1 is 0.710 bits per heavy atom. The lowest BCUT2D eigenvalue weighted by Gasteiger charge is -2.06. The number of carbonyl (C=O) groups excluding carboxylic acids is 1. The molecule has 176 valence electrons. The van der Waals surface area contributed by atoms with Gasteiger partial charge in [0.1, 0.15) is 5.75 Å². The fraction of sp³-hybridized carbons (Fsp3) is 0.679. The van der Waals surface area contributed by atoms with Crippen molar-refractivity contribution in [1.29, 1.82) is 0 Å². The number of hydrogen-bond donors (Lipinski definition) is 0. The van der Waals surface area contributed by atoms with Gasteiger partial charge in [0.25, 0.3) is 0 Å². The maximum atomic E-state index is 11.1.